The van der Waals surface area contributed by atoms with Crippen LogP contribution in [-0.4, -0.2) is 29.5 Å². The standard InChI is InChI=1S/C23H26F3N3O/c1-2-22(28-21(30)11-16-3-5-17(6-4-16)18-7-8-18)9-10-29(15-22)20-12-19(13-27-14-20)23(24,25)26/h3-6,12-14,18H,2,7-11,15H2,1H3,(H,28,30)/t22-/m1/s1. The molecule has 4 nitrogen and oxygen atoms in total. The Morgan fingerprint density at radius 1 is 1.23 bits per heavy atom. The van der Waals surface area contributed by atoms with E-state index in [1.54, 1.807) is 0 Å². The van der Waals surface area contributed by atoms with Gasteiger partial charge >= 0.3 is 6.18 Å². The lowest BCUT2D eigenvalue weighted by Gasteiger charge is -2.30. The van der Waals surface area contributed by atoms with Gasteiger partial charge in [0.25, 0.3) is 0 Å². The zero-order valence-corrected chi connectivity index (χ0v) is 17.0. The molecule has 1 atom stereocenters. The van der Waals surface area contributed by atoms with Crippen LogP contribution in [0.5, 0.6) is 0 Å². The van der Waals surface area contributed by atoms with E-state index in [0.29, 0.717) is 44.0 Å². The Balaban J connectivity index is 1.40. The summed E-state index contributed by atoms with van der Waals surface area (Å²) in [6.45, 7) is 3.05. The minimum Gasteiger partial charge on any atom is -0.368 e. The minimum absolute atomic E-state index is 0.0555. The van der Waals surface area contributed by atoms with Crippen LogP contribution >= 0.6 is 0 Å². The Labute approximate surface area is 174 Å². The number of nitrogens with one attached hydrogen (secondary N) is 1. The molecule has 2 fully saturated rings. The Morgan fingerprint density at radius 3 is 2.60 bits per heavy atom. The van der Waals surface area contributed by atoms with E-state index in [-0.39, 0.29) is 5.91 Å². The zero-order valence-electron chi connectivity index (χ0n) is 17.0. The minimum atomic E-state index is -4.42. The zero-order chi connectivity index (χ0) is 21.4. The van der Waals surface area contributed by atoms with Crippen molar-refractivity contribution < 1.29 is 18.0 Å². The summed E-state index contributed by atoms with van der Waals surface area (Å²) in [5.41, 5.74) is 1.54. The third-order valence-corrected chi connectivity index (χ3v) is 6.24. The molecule has 4 rings (SSSR count). The molecular formula is C23H26F3N3O. The molecule has 0 spiro atoms. The SMILES string of the molecule is CC[C@@]1(NC(=O)Cc2ccc(C3CC3)cc2)CCN(c2cncc(C(F)(F)F)c2)C1. The molecule has 30 heavy (non-hydrogen) atoms. The first-order chi connectivity index (χ1) is 14.3. The van der Waals surface area contributed by atoms with Gasteiger partial charge in [0.1, 0.15) is 0 Å². The van der Waals surface area contributed by atoms with E-state index in [2.05, 4.69) is 22.4 Å². The molecule has 1 saturated heterocycles. The number of benzene rings is 1. The van der Waals surface area contributed by atoms with E-state index in [0.717, 1.165) is 17.8 Å². The summed E-state index contributed by atoms with van der Waals surface area (Å²) in [6, 6.07) is 9.37. The number of hydrogen-bond donors (Lipinski definition) is 1. The Bertz CT molecular complexity index is 909. The fourth-order valence-corrected chi connectivity index (χ4v) is 4.18. The van der Waals surface area contributed by atoms with Crippen molar-refractivity contribution in [1.29, 1.82) is 0 Å². The Morgan fingerprint density at radius 2 is 1.97 bits per heavy atom. The van der Waals surface area contributed by atoms with Gasteiger partial charge in [-0.3, -0.25) is 9.78 Å². The molecule has 0 radical (unpaired) electrons. The van der Waals surface area contributed by atoms with Crippen molar-refractivity contribution >= 4 is 11.6 Å². The topological polar surface area (TPSA) is 45.2 Å². The van der Waals surface area contributed by atoms with Gasteiger partial charge in [-0.25, -0.2) is 0 Å². The summed E-state index contributed by atoms with van der Waals surface area (Å²) in [5.74, 6) is 0.631. The van der Waals surface area contributed by atoms with E-state index >= 15 is 0 Å². The lowest BCUT2D eigenvalue weighted by atomic mass is 9.94. The predicted molar refractivity (Wildman–Crippen MR) is 109 cm³/mol. The highest BCUT2D eigenvalue weighted by Crippen LogP contribution is 2.40. The van der Waals surface area contributed by atoms with Gasteiger partial charge in [-0.05, 0) is 48.8 Å². The number of pyridine rings is 1. The number of alkyl halides is 3. The van der Waals surface area contributed by atoms with Crippen molar-refractivity contribution in [2.24, 2.45) is 0 Å². The fourth-order valence-electron chi connectivity index (χ4n) is 4.18. The van der Waals surface area contributed by atoms with Crippen molar-refractivity contribution in [2.45, 2.75) is 56.7 Å². The molecule has 0 unspecified atom stereocenters. The molecule has 2 heterocycles. The highest BCUT2D eigenvalue weighted by atomic mass is 19.4. The van der Waals surface area contributed by atoms with Gasteiger partial charge in [0.2, 0.25) is 5.91 Å². The van der Waals surface area contributed by atoms with Gasteiger partial charge in [0.15, 0.2) is 0 Å². The molecule has 2 aliphatic rings. The van der Waals surface area contributed by atoms with Crippen molar-refractivity contribution in [3.05, 3.63) is 59.4 Å². The second-order valence-corrected chi connectivity index (χ2v) is 8.48. The quantitative estimate of drug-likeness (QED) is 0.741. The van der Waals surface area contributed by atoms with E-state index in [1.807, 2.05) is 24.0 Å². The van der Waals surface area contributed by atoms with Crippen LogP contribution in [0.15, 0.2) is 42.7 Å². The Kier molecular flexibility index (Phi) is 5.47. The number of carbonyl (C=O) groups is 1. The fraction of sp³-hybridized carbons (Fsp3) is 0.478. The molecule has 1 saturated carbocycles. The predicted octanol–water partition coefficient (Wildman–Crippen LogP) is 4.70. The molecule has 7 heteroatoms. The second-order valence-electron chi connectivity index (χ2n) is 8.48. The van der Waals surface area contributed by atoms with Gasteiger partial charge < -0.3 is 10.2 Å². The molecule has 2 aromatic rings. The maximum atomic E-state index is 13.0. The van der Waals surface area contributed by atoms with Gasteiger partial charge in [-0.2, -0.15) is 13.2 Å². The van der Waals surface area contributed by atoms with Crippen molar-refractivity contribution in [3.63, 3.8) is 0 Å². The maximum Gasteiger partial charge on any atom is 0.417 e. The van der Waals surface area contributed by atoms with E-state index in [4.69, 9.17) is 0 Å². The first-order valence-electron chi connectivity index (χ1n) is 10.4. The number of anilines is 1. The van der Waals surface area contributed by atoms with Crippen LogP contribution in [0.3, 0.4) is 0 Å². The summed E-state index contributed by atoms with van der Waals surface area (Å²) in [7, 11) is 0. The first kappa shape index (κ1) is 20.7. The Hall–Kier alpha value is -2.57. The number of aromatic nitrogens is 1. The van der Waals surface area contributed by atoms with Crippen LogP contribution in [0.4, 0.5) is 18.9 Å². The monoisotopic (exact) mass is 417 g/mol. The molecule has 1 aliphatic carbocycles. The molecule has 160 valence electrons. The van der Waals surface area contributed by atoms with Crippen molar-refractivity contribution in [2.75, 3.05) is 18.0 Å². The lowest BCUT2D eigenvalue weighted by molar-refractivity contribution is -0.137. The summed E-state index contributed by atoms with van der Waals surface area (Å²) in [4.78, 5) is 18.3. The first-order valence-corrected chi connectivity index (χ1v) is 10.4. The lowest BCUT2D eigenvalue weighted by Crippen LogP contribution is -2.50. The molecule has 1 aliphatic heterocycles. The molecule has 1 N–H and O–H groups in total. The molecule has 1 aromatic carbocycles. The molecule has 1 aromatic heterocycles. The average molecular weight is 417 g/mol. The summed E-state index contributed by atoms with van der Waals surface area (Å²) >= 11 is 0. The third-order valence-electron chi connectivity index (χ3n) is 6.24. The highest BCUT2D eigenvalue weighted by Gasteiger charge is 2.39. The second kappa shape index (κ2) is 7.93. The normalized spacial score (nSPS) is 21.7. The average Bonchev–Trinajstić information content (AvgIpc) is 3.48. The van der Waals surface area contributed by atoms with Gasteiger partial charge in [0.05, 0.1) is 29.4 Å². The maximum absolute atomic E-state index is 13.0. The summed E-state index contributed by atoms with van der Waals surface area (Å²) in [5, 5.41) is 3.16. The van der Waals surface area contributed by atoms with E-state index < -0.39 is 17.3 Å². The van der Waals surface area contributed by atoms with E-state index in [9.17, 15) is 18.0 Å². The summed E-state index contributed by atoms with van der Waals surface area (Å²) < 4.78 is 39.0. The number of nitrogens with zero attached hydrogens (tertiary/aromatic N) is 2. The van der Waals surface area contributed by atoms with Crippen LogP contribution in [-0.2, 0) is 17.4 Å². The molecular weight excluding hydrogens is 391 g/mol. The van der Waals surface area contributed by atoms with Gasteiger partial charge in [-0.15, -0.1) is 0 Å². The third kappa shape index (κ3) is 4.60. The smallest absolute Gasteiger partial charge is 0.368 e. The van der Waals surface area contributed by atoms with Crippen LogP contribution in [0.1, 0.15) is 55.2 Å². The number of amides is 1. The van der Waals surface area contributed by atoms with Gasteiger partial charge in [0, 0.05) is 19.3 Å². The number of carbonyl (C=O) groups excluding carboxylic acids is 1. The largest absolute Gasteiger partial charge is 0.417 e. The number of halogens is 3. The van der Waals surface area contributed by atoms with E-state index in [1.165, 1.54) is 24.6 Å². The van der Waals surface area contributed by atoms with Gasteiger partial charge in [-0.1, -0.05) is 31.2 Å². The number of rotatable bonds is 6. The van der Waals surface area contributed by atoms with Crippen LogP contribution < -0.4 is 10.2 Å². The molecule has 1 amide bonds. The van der Waals surface area contributed by atoms with Crippen LogP contribution in [0, 0.1) is 0 Å². The van der Waals surface area contributed by atoms with Crippen LogP contribution in [0.2, 0.25) is 0 Å². The van der Waals surface area contributed by atoms with Crippen molar-refractivity contribution in [3.8, 4) is 0 Å². The number of hydrogen-bond acceptors (Lipinski definition) is 3. The molecule has 0 bridgehead atoms. The van der Waals surface area contributed by atoms with Crippen molar-refractivity contribution in [1.82, 2.24) is 10.3 Å². The summed E-state index contributed by atoms with van der Waals surface area (Å²) in [6.07, 6.45) is 2.06. The van der Waals surface area contributed by atoms with Crippen LogP contribution in [0.25, 0.3) is 0 Å². The highest BCUT2D eigenvalue weighted by molar-refractivity contribution is 5.79.